The highest BCUT2D eigenvalue weighted by atomic mass is 35.5. The summed E-state index contributed by atoms with van der Waals surface area (Å²) in [6.07, 6.45) is 0.0461. The Bertz CT molecular complexity index is 508. The van der Waals surface area contributed by atoms with Gasteiger partial charge in [-0.25, -0.2) is 0 Å². The summed E-state index contributed by atoms with van der Waals surface area (Å²) >= 11 is 7.52. The van der Waals surface area contributed by atoms with Gasteiger partial charge in [-0.2, -0.15) is 0 Å². The van der Waals surface area contributed by atoms with Gasteiger partial charge >= 0.3 is 0 Å². The van der Waals surface area contributed by atoms with Gasteiger partial charge in [0, 0.05) is 13.1 Å². The minimum atomic E-state index is 0.0461. The Hall–Kier alpha value is -0.950. The Morgan fingerprint density at radius 2 is 2.19 bits per heavy atom. The molecule has 0 saturated carbocycles. The van der Waals surface area contributed by atoms with E-state index in [1.165, 1.54) is 11.5 Å². The Kier molecular flexibility index (Phi) is 2.64. The van der Waals surface area contributed by atoms with Crippen molar-refractivity contribution in [2.24, 2.45) is 0 Å². The molecule has 3 N–H and O–H groups in total. The molecule has 0 unspecified atom stereocenters. The highest BCUT2D eigenvalue weighted by Gasteiger charge is 2.16. The van der Waals surface area contributed by atoms with Gasteiger partial charge in [0.15, 0.2) is 0 Å². The lowest BCUT2D eigenvalue weighted by Gasteiger charge is -2.15. The van der Waals surface area contributed by atoms with Crippen LogP contribution in [0.1, 0.15) is 0 Å². The number of benzene rings is 1. The van der Waals surface area contributed by atoms with Crippen molar-refractivity contribution in [2.45, 2.75) is 6.29 Å². The van der Waals surface area contributed by atoms with E-state index in [-0.39, 0.29) is 6.29 Å². The van der Waals surface area contributed by atoms with Gasteiger partial charge in [-0.05, 0) is 23.7 Å². The van der Waals surface area contributed by atoms with Gasteiger partial charge < -0.3 is 5.32 Å². The molecule has 5 nitrogen and oxygen atoms in total. The lowest BCUT2D eigenvalue weighted by molar-refractivity contribution is 0.621. The third-order valence-electron chi connectivity index (χ3n) is 2.48. The fourth-order valence-electron chi connectivity index (χ4n) is 1.71. The molecule has 2 aromatic rings. The number of hydrogen-bond acceptors (Lipinski definition) is 6. The molecule has 1 aliphatic rings. The largest absolute Gasteiger partial charge is 0.355 e. The highest BCUT2D eigenvalue weighted by molar-refractivity contribution is 7.13. The van der Waals surface area contributed by atoms with Crippen LogP contribution in [0.15, 0.2) is 12.1 Å². The predicted molar refractivity (Wildman–Crippen MR) is 65.8 cm³/mol. The smallest absolute Gasteiger partial charge is 0.132 e. The number of aromatic nitrogens is 2. The zero-order valence-corrected chi connectivity index (χ0v) is 9.90. The van der Waals surface area contributed by atoms with E-state index in [0.717, 1.165) is 29.0 Å². The van der Waals surface area contributed by atoms with Crippen molar-refractivity contribution >= 4 is 39.0 Å². The lowest BCUT2D eigenvalue weighted by Crippen LogP contribution is -2.38. The molecule has 1 aromatic heterocycles. The maximum Gasteiger partial charge on any atom is 0.132 e. The summed E-state index contributed by atoms with van der Waals surface area (Å²) in [7, 11) is 0. The van der Waals surface area contributed by atoms with Crippen LogP contribution in [-0.4, -0.2) is 29.0 Å². The highest BCUT2D eigenvalue weighted by Crippen LogP contribution is 2.31. The van der Waals surface area contributed by atoms with Gasteiger partial charge in [0.1, 0.15) is 11.8 Å². The average molecular weight is 256 g/mol. The van der Waals surface area contributed by atoms with Gasteiger partial charge in [-0.3, -0.25) is 10.6 Å². The van der Waals surface area contributed by atoms with Crippen molar-refractivity contribution < 1.29 is 0 Å². The van der Waals surface area contributed by atoms with Crippen LogP contribution in [0.4, 0.5) is 5.69 Å². The fraction of sp³-hybridized carbons (Fsp3) is 0.333. The van der Waals surface area contributed by atoms with E-state index in [1.807, 2.05) is 12.1 Å². The van der Waals surface area contributed by atoms with Gasteiger partial charge in [0.05, 0.1) is 15.4 Å². The van der Waals surface area contributed by atoms with E-state index in [4.69, 9.17) is 11.6 Å². The van der Waals surface area contributed by atoms with Crippen LogP contribution < -0.4 is 16.0 Å². The van der Waals surface area contributed by atoms with Crippen molar-refractivity contribution in [1.29, 1.82) is 0 Å². The first-order chi connectivity index (χ1) is 7.84. The van der Waals surface area contributed by atoms with Gasteiger partial charge in [-0.15, -0.1) is 5.10 Å². The van der Waals surface area contributed by atoms with Crippen LogP contribution in [0.3, 0.4) is 0 Å². The van der Waals surface area contributed by atoms with E-state index in [0.29, 0.717) is 5.02 Å². The first-order valence-electron chi connectivity index (χ1n) is 4.98. The topological polar surface area (TPSA) is 61.9 Å². The van der Waals surface area contributed by atoms with Gasteiger partial charge in [0.25, 0.3) is 0 Å². The van der Waals surface area contributed by atoms with Crippen molar-refractivity contribution in [3.8, 4) is 0 Å². The zero-order chi connectivity index (χ0) is 11.0. The number of nitrogens with one attached hydrogen (secondary N) is 3. The summed E-state index contributed by atoms with van der Waals surface area (Å²) < 4.78 is 4.96. The first kappa shape index (κ1) is 10.2. The number of rotatable bonds is 2. The molecule has 0 radical (unpaired) electrons. The van der Waals surface area contributed by atoms with Crippen LogP contribution in [0.5, 0.6) is 0 Å². The molecule has 0 bridgehead atoms. The number of hydrogen-bond donors (Lipinski definition) is 3. The SMILES string of the molecule is Clc1ccc2snnc2c1NC1NCCN1. The van der Waals surface area contributed by atoms with E-state index in [9.17, 15) is 0 Å². The Morgan fingerprint density at radius 3 is 3.00 bits per heavy atom. The minimum Gasteiger partial charge on any atom is -0.355 e. The first-order valence-corrected chi connectivity index (χ1v) is 6.13. The molecule has 1 aliphatic heterocycles. The van der Waals surface area contributed by atoms with Crippen molar-refractivity contribution in [1.82, 2.24) is 20.2 Å². The average Bonchev–Trinajstić information content (AvgIpc) is 2.92. The molecule has 3 rings (SSSR count). The van der Waals surface area contributed by atoms with Crippen LogP contribution in [-0.2, 0) is 0 Å². The van der Waals surface area contributed by atoms with Gasteiger partial charge in [0.2, 0.25) is 0 Å². The second-order valence-corrected chi connectivity index (χ2v) is 4.72. The molecule has 84 valence electrons. The normalized spacial score (nSPS) is 17.1. The molecule has 7 heteroatoms. The maximum absolute atomic E-state index is 6.16. The van der Waals surface area contributed by atoms with Crippen molar-refractivity contribution in [3.63, 3.8) is 0 Å². The molecule has 0 amide bonds. The quantitative estimate of drug-likeness (QED) is 0.754. The van der Waals surface area contributed by atoms with Crippen molar-refractivity contribution in [2.75, 3.05) is 18.4 Å². The molecule has 2 heterocycles. The molecular formula is C9H10ClN5S. The number of halogens is 1. The van der Waals surface area contributed by atoms with E-state index >= 15 is 0 Å². The van der Waals surface area contributed by atoms with Crippen LogP contribution in [0, 0.1) is 0 Å². The zero-order valence-electron chi connectivity index (χ0n) is 8.33. The second-order valence-electron chi connectivity index (χ2n) is 3.53. The Labute approximate surface area is 101 Å². The lowest BCUT2D eigenvalue weighted by atomic mass is 10.3. The van der Waals surface area contributed by atoms with E-state index in [1.54, 1.807) is 0 Å². The third-order valence-corrected chi connectivity index (χ3v) is 3.49. The summed E-state index contributed by atoms with van der Waals surface area (Å²) in [5, 5.41) is 14.6. The van der Waals surface area contributed by atoms with Gasteiger partial charge in [-0.1, -0.05) is 16.1 Å². The number of anilines is 1. The molecule has 0 atom stereocenters. The van der Waals surface area contributed by atoms with Crippen LogP contribution in [0.2, 0.25) is 5.02 Å². The fourth-order valence-corrected chi connectivity index (χ4v) is 2.49. The standard InChI is InChI=1S/C9H10ClN5S/c10-5-1-2-6-8(14-15-16-6)7(5)13-9-11-3-4-12-9/h1-2,9,11-13H,3-4H2. The van der Waals surface area contributed by atoms with Crippen LogP contribution in [0.25, 0.3) is 10.2 Å². The monoisotopic (exact) mass is 255 g/mol. The summed E-state index contributed by atoms with van der Waals surface area (Å²) in [5.41, 5.74) is 1.66. The maximum atomic E-state index is 6.16. The predicted octanol–water partition coefficient (Wildman–Crippen LogP) is 1.23. The van der Waals surface area contributed by atoms with Crippen LogP contribution >= 0.6 is 23.1 Å². The van der Waals surface area contributed by atoms with E-state index < -0.39 is 0 Å². The second kappa shape index (κ2) is 4.14. The minimum absolute atomic E-state index is 0.0461. The number of nitrogens with zero attached hydrogens (tertiary/aromatic N) is 2. The molecule has 0 aliphatic carbocycles. The molecular weight excluding hydrogens is 246 g/mol. The van der Waals surface area contributed by atoms with Crippen molar-refractivity contribution in [3.05, 3.63) is 17.2 Å². The summed E-state index contributed by atoms with van der Waals surface area (Å²) in [5.74, 6) is 0. The Morgan fingerprint density at radius 1 is 1.38 bits per heavy atom. The molecule has 1 aromatic carbocycles. The summed E-state index contributed by atoms with van der Waals surface area (Å²) in [4.78, 5) is 0. The Balaban J connectivity index is 1.99. The summed E-state index contributed by atoms with van der Waals surface area (Å²) in [6.45, 7) is 1.89. The summed E-state index contributed by atoms with van der Waals surface area (Å²) in [6, 6.07) is 3.80. The molecule has 16 heavy (non-hydrogen) atoms. The number of fused-ring (bicyclic) bond motifs is 1. The van der Waals surface area contributed by atoms with E-state index in [2.05, 4.69) is 25.5 Å². The molecule has 1 saturated heterocycles. The molecule has 0 spiro atoms. The third kappa shape index (κ3) is 1.73. The molecule has 1 fully saturated rings.